The molecular formula is C21H22N4O4S2. The number of anilines is 3. The van der Waals surface area contributed by atoms with Crippen LogP contribution in [0.1, 0.15) is 29.4 Å². The first-order valence-electron chi connectivity index (χ1n) is 9.56. The molecule has 0 unspecified atom stereocenters. The lowest BCUT2D eigenvalue weighted by atomic mass is 10.2. The van der Waals surface area contributed by atoms with Crippen molar-refractivity contribution < 1.29 is 18.0 Å². The van der Waals surface area contributed by atoms with E-state index in [1.54, 1.807) is 60.8 Å². The van der Waals surface area contributed by atoms with Gasteiger partial charge in [-0.15, -0.1) is 11.3 Å². The Kier molecular flexibility index (Phi) is 7.37. The predicted octanol–water partition coefficient (Wildman–Crippen LogP) is 3.73. The summed E-state index contributed by atoms with van der Waals surface area (Å²) in [5.74, 6) is -0.487. The molecule has 0 spiro atoms. The number of benzene rings is 2. The molecule has 0 atom stereocenters. The van der Waals surface area contributed by atoms with Gasteiger partial charge in [0, 0.05) is 22.3 Å². The van der Waals surface area contributed by atoms with Crippen LogP contribution in [0.3, 0.4) is 0 Å². The molecular weight excluding hydrogens is 436 g/mol. The van der Waals surface area contributed by atoms with Crippen LogP contribution < -0.4 is 15.4 Å². The molecule has 0 fully saturated rings. The van der Waals surface area contributed by atoms with Crippen LogP contribution >= 0.6 is 11.3 Å². The molecule has 0 aliphatic rings. The molecule has 1 aromatic heterocycles. The maximum Gasteiger partial charge on any atom is 0.257 e. The van der Waals surface area contributed by atoms with Gasteiger partial charge < -0.3 is 5.32 Å². The Morgan fingerprint density at radius 3 is 2.32 bits per heavy atom. The molecule has 2 amide bonds. The lowest BCUT2D eigenvalue weighted by Gasteiger charge is -2.08. The normalized spacial score (nSPS) is 11.0. The van der Waals surface area contributed by atoms with Crippen molar-refractivity contribution in [1.29, 1.82) is 0 Å². The first kappa shape index (κ1) is 22.4. The first-order valence-corrected chi connectivity index (χ1v) is 12.1. The number of carbonyl (C=O) groups is 2. The minimum Gasteiger partial charge on any atom is -0.326 e. The van der Waals surface area contributed by atoms with Gasteiger partial charge in [-0.25, -0.2) is 13.4 Å². The summed E-state index contributed by atoms with van der Waals surface area (Å²) in [4.78, 5) is 28.7. The third-order valence-corrected chi connectivity index (χ3v) is 6.36. The maximum absolute atomic E-state index is 12.3. The Morgan fingerprint density at radius 1 is 0.968 bits per heavy atom. The number of nitrogens with one attached hydrogen (secondary N) is 3. The zero-order valence-corrected chi connectivity index (χ0v) is 18.4. The SMILES string of the molecule is CCCS(=O)(=O)Nc1ccc(NC(=O)Cc2csc(NC(=O)c3ccccc3)n2)cc1. The standard InChI is InChI=1S/C21H22N4O4S2/c1-2-12-31(28,29)25-17-10-8-16(9-11-17)22-19(26)13-18-14-30-21(23-18)24-20(27)15-6-4-3-5-7-15/h3-11,14,25H,2,12-13H2,1H3,(H,22,26)(H,23,24,27). The Balaban J connectivity index is 1.52. The van der Waals surface area contributed by atoms with Crippen LogP contribution in [0.15, 0.2) is 60.0 Å². The molecule has 0 aliphatic heterocycles. The third-order valence-electron chi connectivity index (χ3n) is 4.06. The van der Waals surface area contributed by atoms with Gasteiger partial charge >= 0.3 is 0 Å². The Labute approximate surface area is 184 Å². The van der Waals surface area contributed by atoms with Gasteiger partial charge in [-0.05, 0) is 42.8 Å². The van der Waals surface area contributed by atoms with Gasteiger partial charge in [0.2, 0.25) is 15.9 Å². The average Bonchev–Trinajstić information content (AvgIpc) is 3.16. The average molecular weight is 459 g/mol. The van der Waals surface area contributed by atoms with Gasteiger partial charge in [-0.2, -0.15) is 0 Å². The van der Waals surface area contributed by atoms with E-state index in [2.05, 4.69) is 20.3 Å². The van der Waals surface area contributed by atoms with E-state index in [-0.39, 0.29) is 24.0 Å². The molecule has 162 valence electrons. The van der Waals surface area contributed by atoms with E-state index in [1.807, 2.05) is 6.07 Å². The molecule has 0 saturated heterocycles. The van der Waals surface area contributed by atoms with Crippen LogP contribution in [0.4, 0.5) is 16.5 Å². The van der Waals surface area contributed by atoms with Crippen LogP contribution in [0, 0.1) is 0 Å². The second-order valence-electron chi connectivity index (χ2n) is 6.69. The van der Waals surface area contributed by atoms with Crippen LogP contribution in [0.5, 0.6) is 0 Å². The van der Waals surface area contributed by atoms with Gasteiger partial charge in [0.1, 0.15) is 0 Å². The van der Waals surface area contributed by atoms with Crippen molar-refractivity contribution in [2.75, 3.05) is 21.1 Å². The Hall–Kier alpha value is -3.24. The quantitative estimate of drug-likeness (QED) is 0.452. The van der Waals surface area contributed by atoms with Crippen LogP contribution in [-0.4, -0.2) is 31.0 Å². The van der Waals surface area contributed by atoms with Crippen LogP contribution in [0.25, 0.3) is 0 Å². The third kappa shape index (κ3) is 6.90. The summed E-state index contributed by atoms with van der Waals surface area (Å²) >= 11 is 1.24. The van der Waals surface area contributed by atoms with Crippen molar-refractivity contribution in [3.05, 3.63) is 71.2 Å². The summed E-state index contributed by atoms with van der Waals surface area (Å²) in [6.45, 7) is 1.79. The van der Waals surface area contributed by atoms with E-state index in [9.17, 15) is 18.0 Å². The molecule has 10 heteroatoms. The largest absolute Gasteiger partial charge is 0.326 e. The highest BCUT2D eigenvalue weighted by Gasteiger charge is 2.12. The minimum absolute atomic E-state index is 0.0442. The molecule has 3 aromatic rings. The molecule has 0 radical (unpaired) electrons. The summed E-state index contributed by atoms with van der Waals surface area (Å²) in [6, 6.07) is 15.2. The fraction of sp³-hybridized carbons (Fsp3) is 0.190. The van der Waals surface area contributed by atoms with Crippen molar-refractivity contribution in [2.45, 2.75) is 19.8 Å². The number of rotatable bonds is 9. The van der Waals surface area contributed by atoms with E-state index in [0.29, 0.717) is 34.2 Å². The summed E-state index contributed by atoms with van der Waals surface area (Å²) < 4.78 is 26.1. The number of carbonyl (C=O) groups excluding carboxylic acids is 2. The van der Waals surface area contributed by atoms with Crippen LogP contribution in [-0.2, 0) is 21.2 Å². The smallest absolute Gasteiger partial charge is 0.257 e. The Bertz CT molecular complexity index is 1140. The molecule has 3 N–H and O–H groups in total. The fourth-order valence-electron chi connectivity index (χ4n) is 2.69. The zero-order chi connectivity index (χ0) is 22.3. The summed E-state index contributed by atoms with van der Waals surface area (Å²) in [6.07, 6.45) is 0.570. The molecule has 0 aliphatic carbocycles. The van der Waals surface area contributed by atoms with Crippen molar-refractivity contribution in [2.24, 2.45) is 0 Å². The second-order valence-corrected chi connectivity index (χ2v) is 9.39. The van der Waals surface area contributed by atoms with Crippen molar-refractivity contribution >= 4 is 49.7 Å². The molecule has 2 aromatic carbocycles. The number of amides is 2. The lowest BCUT2D eigenvalue weighted by molar-refractivity contribution is -0.115. The van der Waals surface area contributed by atoms with Crippen molar-refractivity contribution in [3.63, 3.8) is 0 Å². The van der Waals surface area contributed by atoms with E-state index >= 15 is 0 Å². The number of thiazole rings is 1. The van der Waals surface area contributed by atoms with E-state index in [4.69, 9.17) is 0 Å². The summed E-state index contributed by atoms with van der Waals surface area (Å²) in [5.41, 5.74) is 2.04. The van der Waals surface area contributed by atoms with Gasteiger partial charge in [0.15, 0.2) is 5.13 Å². The van der Waals surface area contributed by atoms with E-state index in [1.165, 1.54) is 11.3 Å². The minimum atomic E-state index is -3.36. The zero-order valence-electron chi connectivity index (χ0n) is 16.8. The number of hydrogen-bond donors (Lipinski definition) is 3. The van der Waals surface area contributed by atoms with Crippen molar-refractivity contribution in [3.8, 4) is 0 Å². The topological polar surface area (TPSA) is 117 Å². The highest BCUT2D eigenvalue weighted by Crippen LogP contribution is 2.19. The molecule has 0 bridgehead atoms. The van der Waals surface area contributed by atoms with Crippen LogP contribution in [0.2, 0.25) is 0 Å². The molecule has 1 heterocycles. The fourth-order valence-corrected chi connectivity index (χ4v) is 4.54. The second kappa shape index (κ2) is 10.2. The first-order chi connectivity index (χ1) is 14.8. The lowest BCUT2D eigenvalue weighted by Crippen LogP contribution is -2.17. The number of nitrogens with zero attached hydrogens (tertiary/aromatic N) is 1. The highest BCUT2D eigenvalue weighted by atomic mass is 32.2. The van der Waals surface area contributed by atoms with Gasteiger partial charge in [0.25, 0.3) is 5.91 Å². The van der Waals surface area contributed by atoms with Gasteiger partial charge in [-0.3, -0.25) is 19.6 Å². The van der Waals surface area contributed by atoms with Crippen molar-refractivity contribution in [1.82, 2.24) is 4.98 Å². The number of aromatic nitrogens is 1. The monoisotopic (exact) mass is 458 g/mol. The summed E-state index contributed by atoms with van der Waals surface area (Å²) in [5, 5.41) is 7.59. The van der Waals surface area contributed by atoms with Gasteiger partial charge in [-0.1, -0.05) is 25.1 Å². The maximum atomic E-state index is 12.3. The molecule has 0 saturated carbocycles. The number of sulfonamides is 1. The highest BCUT2D eigenvalue weighted by molar-refractivity contribution is 7.92. The van der Waals surface area contributed by atoms with E-state index < -0.39 is 10.0 Å². The van der Waals surface area contributed by atoms with E-state index in [0.717, 1.165) is 0 Å². The molecule has 3 rings (SSSR count). The van der Waals surface area contributed by atoms with Gasteiger partial charge in [0.05, 0.1) is 17.9 Å². The number of hydrogen-bond acceptors (Lipinski definition) is 6. The Morgan fingerprint density at radius 2 is 1.65 bits per heavy atom. The molecule has 31 heavy (non-hydrogen) atoms. The summed E-state index contributed by atoms with van der Waals surface area (Å²) in [7, 11) is -3.36. The predicted molar refractivity (Wildman–Crippen MR) is 123 cm³/mol. The molecule has 8 nitrogen and oxygen atoms in total.